The standard InChI is InChI=1S/C25H28N2O7/c1-4-32-11-5-10-27-24(28)22(16-6-8-18(30-2)20(14-16)31-3)23(25(27)29)26-17-7-9-19-21(15-17)34-13-12-33-19/h6-9,14-15,26H,4-5,10-13H2,1-3H3. The van der Waals surface area contributed by atoms with Crippen molar-refractivity contribution >= 4 is 23.1 Å². The van der Waals surface area contributed by atoms with Gasteiger partial charge in [0.15, 0.2) is 23.0 Å². The van der Waals surface area contributed by atoms with Gasteiger partial charge < -0.3 is 29.0 Å². The number of methoxy groups -OCH3 is 2. The topological polar surface area (TPSA) is 95.6 Å². The van der Waals surface area contributed by atoms with Crippen LogP contribution in [0, 0.1) is 0 Å². The molecule has 0 atom stereocenters. The smallest absolute Gasteiger partial charge is 0.278 e. The third-order valence-corrected chi connectivity index (χ3v) is 5.53. The molecule has 9 heteroatoms. The Bertz CT molecular complexity index is 1110. The van der Waals surface area contributed by atoms with Gasteiger partial charge in [0.2, 0.25) is 0 Å². The number of nitrogens with one attached hydrogen (secondary N) is 1. The Morgan fingerprint density at radius 1 is 0.941 bits per heavy atom. The number of rotatable bonds is 10. The molecule has 2 aromatic carbocycles. The first-order valence-electron chi connectivity index (χ1n) is 11.1. The van der Waals surface area contributed by atoms with Gasteiger partial charge in [-0.1, -0.05) is 6.07 Å². The van der Waals surface area contributed by atoms with Gasteiger partial charge >= 0.3 is 0 Å². The van der Waals surface area contributed by atoms with E-state index in [2.05, 4.69) is 5.32 Å². The van der Waals surface area contributed by atoms with Crippen LogP contribution in [0.3, 0.4) is 0 Å². The maximum absolute atomic E-state index is 13.4. The number of fused-ring (bicyclic) bond motifs is 1. The number of imide groups is 1. The van der Waals surface area contributed by atoms with E-state index in [1.165, 1.54) is 19.1 Å². The van der Waals surface area contributed by atoms with Crippen molar-refractivity contribution in [2.75, 3.05) is 52.5 Å². The molecule has 0 saturated carbocycles. The maximum Gasteiger partial charge on any atom is 0.278 e. The lowest BCUT2D eigenvalue weighted by molar-refractivity contribution is -0.137. The predicted octanol–water partition coefficient (Wildman–Crippen LogP) is 3.09. The van der Waals surface area contributed by atoms with Gasteiger partial charge in [-0.2, -0.15) is 0 Å². The zero-order valence-corrected chi connectivity index (χ0v) is 19.5. The molecule has 2 amide bonds. The third kappa shape index (κ3) is 4.65. The molecule has 0 fully saturated rings. The Morgan fingerprint density at radius 3 is 2.44 bits per heavy atom. The molecule has 1 N–H and O–H groups in total. The lowest BCUT2D eigenvalue weighted by Crippen LogP contribution is -2.34. The van der Waals surface area contributed by atoms with Crippen molar-refractivity contribution in [1.29, 1.82) is 0 Å². The Morgan fingerprint density at radius 2 is 1.71 bits per heavy atom. The summed E-state index contributed by atoms with van der Waals surface area (Å²) in [5, 5.41) is 3.15. The molecule has 0 radical (unpaired) electrons. The predicted molar refractivity (Wildman–Crippen MR) is 125 cm³/mol. The highest BCUT2D eigenvalue weighted by molar-refractivity contribution is 6.36. The summed E-state index contributed by atoms with van der Waals surface area (Å²) in [5.41, 5.74) is 1.60. The number of amides is 2. The van der Waals surface area contributed by atoms with Crippen LogP contribution in [0.4, 0.5) is 5.69 Å². The Hall–Kier alpha value is -3.72. The van der Waals surface area contributed by atoms with Crippen molar-refractivity contribution in [2.45, 2.75) is 13.3 Å². The normalized spacial score (nSPS) is 15.1. The molecule has 4 rings (SSSR count). The van der Waals surface area contributed by atoms with Gasteiger partial charge in [0, 0.05) is 31.5 Å². The SMILES string of the molecule is CCOCCCN1C(=O)C(Nc2ccc3c(c2)OCCO3)=C(c2ccc(OC)c(OC)c2)C1=O. The lowest BCUT2D eigenvalue weighted by atomic mass is 10.0. The minimum absolute atomic E-state index is 0.185. The molecular weight excluding hydrogens is 440 g/mol. The monoisotopic (exact) mass is 468 g/mol. The van der Waals surface area contributed by atoms with E-state index in [0.29, 0.717) is 67.1 Å². The van der Waals surface area contributed by atoms with Gasteiger partial charge in [0.25, 0.3) is 11.8 Å². The third-order valence-electron chi connectivity index (χ3n) is 5.53. The number of hydrogen-bond donors (Lipinski definition) is 1. The molecule has 2 aromatic rings. The molecule has 2 aliphatic rings. The summed E-state index contributed by atoms with van der Waals surface area (Å²) in [4.78, 5) is 28.0. The summed E-state index contributed by atoms with van der Waals surface area (Å²) in [5.74, 6) is 1.42. The van der Waals surface area contributed by atoms with E-state index in [-0.39, 0.29) is 23.7 Å². The fraction of sp³-hybridized carbons (Fsp3) is 0.360. The summed E-state index contributed by atoms with van der Waals surface area (Å²) in [6.07, 6.45) is 0.543. The van der Waals surface area contributed by atoms with Gasteiger partial charge in [-0.15, -0.1) is 0 Å². The van der Waals surface area contributed by atoms with Crippen LogP contribution in [0.5, 0.6) is 23.0 Å². The highest BCUT2D eigenvalue weighted by Crippen LogP contribution is 2.37. The fourth-order valence-corrected chi connectivity index (χ4v) is 3.89. The van der Waals surface area contributed by atoms with Crippen LogP contribution in [0.25, 0.3) is 5.57 Å². The van der Waals surface area contributed by atoms with E-state index in [9.17, 15) is 9.59 Å². The molecule has 0 aromatic heterocycles. The molecule has 0 unspecified atom stereocenters. The van der Waals surface area contributed by atoms with Gasteiger partial charge in [0.1, 0.15) is 18.9 Å². The van der Waals surface area contributed by atoms with Crippen LogP contribution in [-0.4, -0.2) is 63.9 Å². The molecule has 0 bridgehead atoms. The van der Waals surface area contributed by atoms with Crippen LogP contribution < -0.4 is 24.3 Å². The Labute approximate surface area is 198 Å². The van der Waals surface area contributed by atoms with Crippen molar-refractivity contribution < 1.29 is 33.3 Å². The van der Waals surface area contributed by atoms with E-state index in [1.54, 1.807) is 36.4 Å². The van der Waals surface area contributed by atoms with Gasteiger partial charge in [-0.25, -0.2) is 0 Å². The van der Waals surface area contributed by atoms with Crippen molar-refractivity contribution in [1.82, 2.24) is 4.90 Å². The average Bonchev–Trinajstić information content (AvgIpc) is 3.10. The van der Waals surface area contributed by atoms with E-state index in [4.69, 9.17) is 23.7 Å². The second kappa shape index (κ2) is 10.5. The van der Waals surface area contributed by atoms with Crippen LogP contribution in [0.2, 0.25) is 0 Å². The first-order valence-corrected chi connectivity index (χ1v) is 11.1. The van der Waals surface area contributed by atoms with Crippen LogP contribution in [0.15, 0.2) is 42.1 Å². The number of ether oxygens (including phenoxy) is 5. The number of anilines is 1. The van der Waals surface area contributed by atoms with E-state index < -0.39 is 5.91 Å². The number of carbonyl (C=O) groups excluding carboxylic acids is 2. The second-order valence-corrected chi connectivity index (χ2v) is 7.62. The van der Waals surface area contributed by atoms with Crippen molar-refractivity contribution in [2.24, 2.45) is 0 Å². The highest BCUT2D eigenvalue weighted by Gasteiger charge is 2.39. The maximum atomic E-state index is 13.4. The molecule has 0 spiro atoms. The zero-order valence-electron chi connectivity index (χ0n) is 19.5. The molecule has 0 aliphatic carbocycles. The number of carbonyl (C=O) groups is 2. The quantitative estimate of drug-likeness (QED) is 0.420. The van der Waals surface area contributed by atoms with Crippen molar-refractivity contribution in [3.63, 3.8) is 0 Å². The van der Waals surface area contributed by atoms with Crippen molar-refractivity contribution in [3.8, 4) is 23.0 Å². The van der Waals surface area contributed by atoms with Crippen LogP contribution in [0.1, 0.15) is 18.9 Å². The first-order chi connectivity index (χ1) is 16.6. The van der Waals surface area contributed by atoms with E-state index in [0.717, 1.165) is 0 Å². The second-order valence-electron chi connectivity index (χ2n) is 7.62. The fourth-order valence-electron chi connectivity index (χ4n) is 3.89. The zero-order chi connectivity index (χ0) is 24.1. The molecular formula is C25H28N2O7. The summed E-state index contributed by atoms with van der Waals surface area (Å²) >= 11 is 0. The lowest BCUT2D eigenvalue weighted by Gasteiger charge is -2.19. The summed E-state index contributed by atoms with van der Waals surface area (Å²) in [6, 6.07) is 10.4. The Kier molecular flexibility index (Phi) is 7.22. The largest absolute Gasteiger partial charge is 0.493 e. The van der Waals surface area contributed by atoms with Gasteiger partial charge in [-0.05, 0) is 43.2 Å². The highest BCUT2D eigenvalue weighted by atomic mass is 16.6. The van der Waals surface area contributed by atoms with Gasteiger partial charge in [0.05, 0.1) is 19.8 Å². The molecule has 2 heterocycles. The Balaban J connectivity index is 1.70. The number of nitrogens with zero attached hydrogens (tertiary/aromatic N) is 1. The molecule has 34 heavy (non-hydrogen) atoms. The van der Waals surface area contributed by atoms with Crippen LogP contribution in [-0.2, 0) is 14.3 Å². The molecule has 9 nitrogen and oxygen atoms in total. The van der Waals surface area contributed by atoms with E-state index >= 15 is 0 Å². The average molecular weight is 469 g/mol. The summed E-state index contributed by atoms with van der Waals surface area (Å²) < 4.78 is 27.3. The van der Waals surface area contributed by atoms with Crippen molar-refractivity contribution in [3.05, 3.63) is 47.7 Å². The van der Waals surface area contributed by atoms with E-state index in [1.807, 2.05) is 6.92 Å². The number of benzene rings is 2. The molecule has 180 valence electrons. The van der Waals surface area contributed by atoms with Gasteiger partial charge in [-0.3, -0.25) is 14.5 Å². The number of hydrogen-bond acceptors (Lipinski definition) is 8. The van der Waals surface area contributed by atoms with Crippen LogP contribution >= 0.6 is 0 Å². The summed E-state index contributed by atoms with van der Waals surface area (Å²) in [6.45, 7) is 4.12. The first kappa shape index (κ1) is 23.4. The minimum Gasteiger partial charge on any atom is -0.493 e. The summed E-state index contributed by atoms with van der Waals surface area (Å²) in [7, 11) is 3.06. The molecule has 0 saturated heterocycles. The molecule has 2 aliphatic heterocycles. The minimum atomic E-state index is -0.402.